The number of hydrogen-bond donors (Lipinski definition) is 0. The summed E-state index contributed by atoms with van der Waals surface area (Å²) >= 11 is 1.87. The van der Waals surface area contributed by atoms with Crippen LogP contribution in [0.5, 0.6) is 0 Å². The quantitative estimate of drug-likeness (QED) is 0.145. The minimum absolute atomic E-state index is 0.120. The topological polar surface area (TPSA) is 57.9 Å². The van der Waals surface area contributed by atoms with Crippen molar-refractivity contribution in [1.82, 2.24) is 0 Å². The van der Waals surface area contributed by atoms with Crippen LogP contribution in [0.25, 0.3) is 0 Å². The molecule has 0 N–H and O–H groups in total. The van der Waals surface area contributed by atoms with Crippen LogP contribution in [0, 0.1) is 18.3 Å². The van der Waals surface area contributed by atoms with Crippen molar-refractivity contribution >= 4 is 21.6 Å². The van der Waals surface area contributed by atoms with Crippen molar-refractivity contribution < 1.29 is 8.42 Å². The van der Waals surface area contributed by atoms with Crippen molar-refractivity contribution in [3.63, 3.8) is 0 Å². The highest BCUT2D eigenvalue weighted by atomic mass is 32.2. The first-order valence-corrected chi connectivity index (χ1v) is 16.7. The van der Waals surface area contributed by atoms with E-state index in [0.29, 0.717) is 5.75 Å². The van der Waals surface area contributed by atoms with Gasteiger partial charge in [0.2, 0.25) is 0 Å². The Morgan fingerprint density at radius 3 is 2.37 bits per heavy atom. The molecule has 0 saturated heterocycles. The van der Waals surface area contributed by atoms with E-state index in [9.17, 15) is 13.7 Å². The summed E-state index contributed by atoms with van der Waals surface area (Å²) in [5, 5.41) is 10.0. The predicted molar refractivity (Wildman–Crippen MR) is 153 cm³/mol. The van der Waals surface area contributed by atoms with Crippen LogP contribution >= 0.6 is 11.8 Å². The standard InChI is InChI=1S/C30H47NO2S2/c1-4-6-8-9-10-15-23-35(32,33)27(18-7-5-2)19-13-12-17-26-21-22-34-30(26)29(24-31)28-20-14-11-16-25(28)3/h11,14,16,20-21,27,29-30H,4-10,12-13,15,17-19,22-23H2,1-3H3. The van der Waals surface area contributed by atoms with Crippen LogP contribution < -0.4 is 0 Å². The second kappa shape index (κ2) is 16.5. The van der Waals surface area contributed by atoms with Gasteiger partial charge in [-0.2, -0.15) is 5.26 Å². The van der Waals surface area contributed by atoms with Gasteiger partial charge >= 0.3 is 0 Å². The van der Waals surface area contributed by atoms with Crippen molar-refractivity contribution in [1.29, 1.82) is 5.26 Å². The van der Waals surface area contributed by atoms with E-state index in [1.807, 2.05) is 23.9 Å². The number of sulfone groups is 1. The molecule has 3 unspecified atom stereocenters. The van der Waals surface area contributed by atoms with Crippen LogP contribution in [-0.4, -0.2) is 30.4 Å². The van der Waals surface area contributed by atoms with Gasteiger partial charge in [0.1, 0.15) is 0 Å². The molecule has 1 aliphatic heterocycles. The van der Waals surface area contributed by atoms with E-state index in [0.717, 1.165) is 75.5 Å². The number of rotatable bonds is 18. The van der Waals surface area contributed by atoms with E-state index in [4.69, 9.17) is 0 Å². The average Bonchev–Trinajstić information content (AvgIpc) is 3.30. The number of nitriles is 1. The molecule has 1 aromatic carbocycles. The summed E-state index contributed by atoms with van der Waals surface area (Å²) in [4.78, 5) is 0. The Balaban J connectivity index is 1.87. The molecule has 1 aromatic rings. The molecule has 1 aliphatic rings. The van der Waals surface area contributed by atoms with Crippen LogP contribution in [0.2, 0.25) is 0 Å². The van der Waals surface area contributed by atoms with Gasteiger partial charge < -0.3 is 0 Å². The number of aryl methyl sites for hydroxylation is 1. The molecule has 5 heteroatoms. The summed E-state index contributed by atoms with van der Waals surface area (Å²) in [6.45, 7) is 6.43. The first kappa shape index (κ1) is 30.0. The summed E-state index contributed by atoms with van der Waals surface area (Å²) in [6.07, 6.45) is 15.5. The lowest BCUT2D eigenvalue weighted by Gasteiger charge is -2.22. The Hall–Kier alpha value is -1.25. The number of thioether (sulfide) groups is 1. The fourth-order valence-electron chi connectivity index (χ4n) is 5.16. The summed E-state index contributed by atoms with van der Waals surface area (Å²) in [6, 6.07) is 10.8. The van der Waals surface area contributed by atoms with E-state index in [1.54, 1.807) is 0 Å². The zero-order valence-electron chi connectivity index (χ0n) is 22.3. The minimum atomic E-state index is -3.02. The molecule has 196 valence electrons. The van der Waals surface area contributed by atoms with Gasteiger partial charge in [0, 0.05) is 11.0 Å². The zero-order valence-corrected chi connectivity index (χ0v) is 23.9. The van der Waals surface area contributed by atoms with Gasteiger partial charge in [0.25, 0.3) is 0 Å². The van der Waals surface area contributed by atoms with Crippen LogP contribution in [0.15, 0.2) is 35.9 Å². The van der Waals surface area contributed by atoms with Crippen LogP contribution in [-0.2, 0) is 9.84 Å². The Morgan fingerprint density at radius 2 is 1.66 bits per heavy atom. The smallest absolute Gasteiger partial charge is 0.153 e. The molecular weight excluding hydrogens is 470 g/mol. The molecule has 0 radical (unpaired) electrons. The first-order chi connectivity index (χ1) is 16.9. The maximum atomic E-state index is 13.1. The van der Waals surface area contributed by atoms with E-state index >= 15 is 0 Å². The first-order valence-electron chi connectivity index (χ1n) is 13.9. The van der Waals surface area contributed by atoms with Gasteiger partial charge in [-0.1, -0.05) is 101 Å². The number of hydrogen-bond acceptors (Lipinski definition) is 4. The fourth-order valence-corrected chi connectivity index (χ4v) is 8.50. The van der Waals surface area contributed by atoms with Crippen molar-refractivity contribution in [2.75, 3.05) is 11.5 Å². The lowest BCUT2D eigenvalue weighted by molar-refractivity contribution is 0.531. The zero-order chi connectivity index (χ0) is 25.5. The molecule has 35 heavy (non-hydrogen) atoms. The Bertz CT molecular complexity index is 917. The number of benzene rings is 1. The molecule has 0 aromatic heterocycles. The highest BCUT2D eigenvalue weighted by Crippen LogP contribution is 2.40. The SMILES string of the molecule is CCCCCCCCS(=O)(=O)C(CCCC)CCCCC1=CCSC1C(C#N)c1ccccc1C. The highest BCUT2D eigenvalue weighted by Gasteiger charge is 2.30. The molecule has 0 saturated carbocycles. The van der Waals surface area contributed by atoms with Gasteiger partial charge in [0.15, 0.2) is 9.84 Å². The molecule has 0 bridgehead atoms. The Labute approximate surface area is 220 Å². The van der Waals surface area contributed by atoms with Crippen LogP contribution in [0.1, 0.15) is 114 Å². The van der Waals surface area contributed by atoms with E-state index in [1.165, 1.54) is 30.4 Å². The highest BCUT2D eigenvalue weighted by molar-refractivity contribution is 8.00. The molecule has 1 heterocycles. The maximum absolute atomic E-state index is 13.1. The van der Waals surface area contributed by atoms with Crippen molar-refractivity contribution in [2.45, 2.75) is 121 Å². The van der Waals surface area contributed by atoms with Gasteiger partial charge in [0.05, 0.1) is 23.0 Å². The lowest BCUT2D eigenvalue weighted by atomic mass is 9.88. The van der Waals surface area contributed by atoms with E-state index in [-0.39, 0.29) is 16.4 Å². The summed E-state index contributed by atoms with van der Waals surface area (Å²) in [7, 11) is -3.02. The van der Waals surface area contributed by atoms with Crippen LogP contribution in [0.4, 0.5) is 0 Å². The van der Waals surface area contributed by atoms with Gasteiger partial charge in [-0.15, -0.1) is 11.8 Å². The van der Waals surface area contributed by atoms with Crippen molar-refractivity contribution in [3.05, 3.63) is 47.0 Å². The molecule has 3 atom stereocenters. The predicted octanol–water partition coefficient (Wildman–Crippen LogP) is 8.54. The van der Waals surface area contributed by atoms with E-state index < -0.39 is 9.84 Å². The molecule has 0 amide bonds. The Morgan fingerprint density at radius 1 is 0.971 bits per heavy atom. The molecule has 3 nitrogen and oxygen atoms in total. The summed E-state index contributed by atoms with van der Waals surface area (Å²) < 4.78 is 26.2. The normalized spacial score (nSPS) is 17.7. The molecule has 0 aliphatic carbocycles. The summed E-state index contributed by atoms with van der Waals surface area (Å²) in [5.74, 6) is 1.21. The maximum Gasteiger partial charge on any atom is 0.153 e. The van der Waals surface area contributed by atoms with Gasteiger partial charge in [-0.25, -0.2) is 8.42 Å². The third-order valence-electron chi connectivity index (χ3n) is 7.36. The molecular formula is C30H47NO2S2. The third kappa shape index (κ3) is 9.96. The van der Waals surface area contributed by atoms with Crippen molar-refractivity contribution in [3.8, 4) is 6.07 Å². The number of unbranched alkanes of at least 4 members (excludes halogenated alkanes) is 7. The van der Waals surface area contributed by atoms with Gasteiger partial charge in [-0.3, -0.25) is 0 Å². The fraction of sp³-hybridized carbons (Fsp3) is 0.700. The minimum Gasteiger partial charge on any atom is -0.229 e. The third-order valence-corrected chi connectivity index (χ3v) is 11.0. The second-order valence-corrected chi connectivity index (χ2v) is 13.7. The molecule has 0 fully saturated rings. The Kier molecular flexibility index (Phi) is 14.1. The molecule has 2 rings (SSSR count). The van der Waals surface area contributed by atoms with E-state index in [2.05, 4.69) is 45.0 Å². The van der Waals surface area contributed by atoms with Gasteiger partial charge in [-0.05, 0) is 50.2 Å². The molecule has 0 spiro atoms. The second-order valence-electron chi connectivity index (χ2n) is 10.1. The van der Waals surface area contributed by atoms with Crippen LogP contribution in [0.3, 0.4) is 0 Å². The summed E-state index contributed by atoms with van der Waals surface area (Å²) in [5.41, 5.74) is 3.70. The average molecular weight is 518 g/mol. The lowest BCUT2D eigenvalue weighted by Crippen LogP contribution is -2.24. The number of nitrogens with zero attached hydrogens (tertiary/aromatic N) is 1. The van der Waals surface area contributed by atoms with Crippen molar-refractivity contribution in [2.24, 2.45) is 0 Å². The monoisotopic (exact) mass is 517 g/mol. The largest absolute Gasteiger partial charge is 0.229 e.